The molecule has 120 valence electrons. The molecule has 0 saturated carbocycles. The van der Waals surface area contributed by atoms with E-state index in [9.17, 15) is 9.59 Å². The van der Waals surface area contributed by atoms with Gasteiger partial charge in [-0.05, 0) is 38.0 Å². The van der Waals surface area contributed by atoms with Gasteiger partial charge in [-0.3, -0.25) is 9.59 Å². The first-order chi connectivity index (χ1) is 10.9. The van der Waals surface area contributed by atoms with Gasteiger partial charge in [0, 0.05) is 18.7 Å². The molecule has 1 aliphatic heterocycles. The van der Waals surface area contributed by atoms with E-state index in [0.717, 1.165) is 21.8 Å². The second-order valence-corrected chi connectivity index (χ2v) is 6.99. The lowest BCUT2D eigenvalue weighted by Crippen LogP contribution is -2.28. The highest BCUT2D eigenvalue weighted by Crippen LogP contribution is 2.29. The van der Waals surface area contributed by atoms with E-state index in [1.165, 1.54) is 11.3 Å². The van der Waals surface area contributed by atoms with Crippen molar-refractivity contribution < 1.29 is 9.59 Å². The number of anilines is 2. The van der Waals surface area contributed by atoms with Gasteiger partial charge < -0.3 is 10.2 Å². The molecule has 0 bridgehead atoms. The highest BCUT2D eigenvalue weighted by Gasteiger charge is 2.36. The van der Waals surface area contributed by atoms with E-state index >= 15 is 0 Å². The van der Waals surface area contributed by atoms with Crippen molar-refractivity contribution >= 4 is 34.0 Å². The molecular weight excluding hydrogens is 312 g/mol. The average molecular weight is 330 g/mol. The van der Waals surface area contributed by atoms with E-state index in [0.29, 0.717) is 11.7 Å². The van der Waals surface area contributed by atoms with Gasteiger partial charge >= 0.3 is 0 Å². The van der Waals surface area contributed by atoms with Gasteiger partial charge in [-0.15, -0.1) is 10.2 Å². The topological polar surface area (TPSA) is 75.2 Å². The first-order valence-corrected chi connectivity index (χ1v) is 8.24. The van der Waals surface area contributed by atoms with Crippen molar-refractivity contribution in [3.8, 4) is 0 Å². The van der Waals surface area contributed by atoms with Crippen LogP contribution in [0, 0.1) is 26.7 Å². The van der Waals surface area contributed by atoms with Crippen LogP contribution in [0.4, 0.5) is 10.8 Å². The fourth-order valence-electron chi connectivity index (χ4n) is 2.68. The third-order valence-electron chi connectivity index (χ3n) is 3.91. The Hall–Kier alpha value is -2.28. The van der Waals surface area contributed by atoms with Gasteiger partial charge in [0.15, 0.2) is 0 Å². The monoisotopic (exact) mass is 330 g/mol. The van der Waals surface area contributed by atoms with Crippen LogP contribution in [0.1, 0.15) is 22.6 Å². The maximum Gasteiger partial charge on any atom is 0.231 e. The Morgan fingerprint density at radius 2 is 2.09 bits per heavy atom. The highest BCUT2D eigenvalue weighted by molar-refractivity contribution is 7.15. The number of hydrogen-bond acceptors (Lipinski definition) is 5. The second-order valence-electron chi connectivity index (χ2n) is 5.81. The van der Waals surface area contributed by atoms with Crippen molar-refractivity contribution in [1.29, 1.82) is 0 Å². The van der Waals surface area contributed by atoms with E-state index in [4.69, 9.17) is 0 Å². The molecule has 1 aromatic carbocycles. The molecule has 1 atom stereocenters. The number of amides is 2. The molecular formula is C16H18N4O2S. The molecule has 23 heavy (non-hydrogen) atoms. The molecule has 1 aromatic heterocycles. The number of benzene rings is 1. The lowest BCUT2D eigenvalue weighted by Gasteiger charge is -2.19. The second kappa shape index (κ2) is 6.08. The molecule has 0 radical (unpaired) electrons. The Morgan fingerprint density at radius 1 is 1.30 bits per heavy atom. The van der Waals surface area contributed by atoms with Crippen molar-refractivity contribution in [3.05, 3.63) is 34.3 Å². The molecule has 1 fully saturated rings. The number of nitrogens with zero attached hydrogens (tertiary/aromatic N) is 3. The van der Waals surface area contributed by atoms with Crippen LogP contribution < -0.4 is 10.2 Å². The van der Waals surface area contributed by atoms with Crippen LogP contribution in [0.25, 0.3) is 0 Å². The number of rotatable bonds is 3. The molecule has 6 nitrogen and oxygen atoms in total. The van der Waals surface area contributed by atoms with E-state index in [2.05, 4.69) is 15.5 Å². The van der Waals surface area contributed by atoms with Gasteiger partial charge in [0.05, 0.1) is 5.92 Å². The third kappa shape index (κ3) is 3.24. The van der Waals surface area contributed by atoms with E-state index < -0.39 is 0 Å². The highest BCUT2D eigenvalue weighted by atomic mass is 32.1. The summed E-state index contributed by atoms with van der Waals surface area (Å²) in [5, 5.41) is 11.8. The van der Waals surface area contributed by atoms with Crippen LogP contribution in [0.5, 0.6) is 0 Å². The van der Waals surface area contributed by atoms with Gasteiger partial charge in [-0.1, -0.05) is 23.5 Å². The lowest BCUT2D eigenvalue weighted by molar-refractivity contribution is -0.122. The van der Waals surface area contributed by atoms with Crippen LogP contribution >= 0.6 is 11.3 Å². The van der Waals surface area contributed by atoms with Gasteiger partial charge in [0.25, 0.3) is 0 Å². The summed E-state index contributed by atoms with van der Waals surface area (Å²) in [5.41, 5.74) is 3.01. The van der Waals surface area contributed by atoms with Crippen molar-refractivity contribution in [2.24, 2.45) is 5.92 Å². The van der Waals surface area contributed by atoms with Crippen LogP contribution in [-0.2, 0) is 9.59 Å². The number of carbonyl (C=O) groups excluding carboxylic acids is 2. The standard InChI is InChI=1S/C16H18N4O2S/c1-9-4-5-10(2)13(6-9)20-8-12(7-14(20)21)15(22)17-16-19-18-11(3)23-16/h4-6,12H,7-8H2,1-3H3,(H,17,19,22)/t12-/m1/s1. The molecule has 1 N–H and O–H groups in total. The molecule has 2 heterocycles. The number of aromatic nitrogens is 2. The van der Waals surface area contributed by atoms with Crippen LogP contribution in [0.15, 0.2) is 18.2 Å². The Morgan fingerprint density at radius 3 is 2.78 bits per heavy atom. The molecule has 2 amide bonds. The smallest absolute Gasteiger partial charge is 0.231 e. The lowest BCUT2D eigenvalue weighted by atomic mass is 10.1. The fraction of sp³-hybridized carbons (Fsp3) is 0.375. The van der Waals surface area contributed by atoms with Gasteiger partial charge in [-0.2, -0.15) is 0 Å². The summed E-state index contributed by atoms with van der Waals surface area (Å²) in [6.07, 6.45) is 0.219. The molecule has 3 rings (SSSR count). The average Bonchev–Trinajstić information content (AvgIpc) is 3.08. The molecule has 1 aliphatic rings. The number of hydrogen-bond donors (Lipinski definition) is 1. The Labute approximate surface area is 138 Å². The molecule has 7 heteroatoms. The molecule has 0 spiro atoms. The first-order valence-electron chi connectivity index (χ1n) is 7.42. The molecule has 2 aromatic rings. The predicted octanol–water partition coefficient (Wildman–Crippen LogP) is 2.45. The zero-order valence-electron chi connectivity index (χ0n) is 13.3. The van der Waals surface area contributed by atoms with Crippen molar-refractivity contribution in [1.82, 2.24) is 10.2 Å². The van der Waals surface area contributed by atoms with Crippen molar-refractivity contribution in [2.75, 3.05) is 16.8 Å². The summed E-state index contributed by atoms with van der Waals surface area (Å²) in [6, 6.07) is 6.00. The fourth-order valence-corrected chi connectivity index (χ4v) is 3.28. The third-order valence-corrected chi connectivity index (χ3v) is 4.66. The summed E-state index contributed by atoms with van der Waals surface area (Å²) in [7, 11) is 0. The van der Waals surface area contributed by atoms with E-state index in [-0.39, 0.29) is 24.2 Å². The maximum atomic E-state index is 12.3. The largest absolute Gasteiger partial charge is 0.311 e. The Bertz CT molecular complexity index is 771. The maximum absolute atomic E-state index is 12.3. The molecule has 0 unspecified atom stereocenters. The number of nitrogens with one attached hydrogen (secondary N) is 1. The van der Waals surface area contributed by atoms with Gasteiger partial charge in [-0.25, -0.2) is 0 Å². The van der Waals surface area contributed by atoms with Crippen molar-refractivity contribution in [3.63, 3.8) is 0 Å². The Kier molecular flexibility index (Phi) is 4.12. The van der Waals surface area contributed by atoms with Crippen LogP contribution in [0.2, 0.25) is 0 Å². The van der Waals surface area contributed by atoms with E-state index in [1.54, 1.807) is 4.90 Å². The summed E-state index contributed by atoms with van der Waals surface area (Å²) in [6.45, 7) is 6.19. The summed E-state index contributed by atoms with van der Waals surface area (Å²) in [5.74, 6) is -0.568. The van der Waals surface area contributed by atoms with Crippen molar-refractivity contribution in [2.45, 2.75) is 27.2 Å². The minimum Gasteiger partial charge on any atom is -0.311 e. The summed E-state index contributed by atoms with van der Waals surface area (Å²) >= 11 is 1.32. The predicted molar refractivity (Wildman–Crippen MR) is 89.7 cm³/mol. The molecule has 0 aliphatic carbocycles. The summed E-state index contributed by atoms with van der Waals surface area (Å²) < 4.78 is 0. The number of carbonyl (C=O) groups is 2. The zero-order chi connectivity index (χ0) is 16.6. The minimum absolute atomic E-state index is 0.0210. The number of aryl methyl sites for hydroxylation is 3. The first kappa shape index (κ1) is 15.6. The van der Waals surface area contributed by atoms with Gasteiger partial charge in [0.2, 0.25) is 16.9 Å². The zero-order valence-corrected chi connectivity index (χ0v) is 14.1. The van der Waals surface area contributed by atoms with E-state index in [1.807, 2.05) is 39.0 Å². The SMILES string of the molecule is Cc1ccc(C)c(N2C[C@H](C(=O)Nc3nnc(C)s3)CC2=O)c1. The minimum atomic E-state index is -0.369. The van der Waals surface area contributed by atoms with Crippen LogP contribution in [-0.4, -0.2) is 28.6 Å². The normalized spacial score (nSPS) is 17.6. The summed E-state index contributed by atoms with van der Waals surface area (Å²) in [4.78, 5) is 26.4. The Balaban J connectivity index is 1.74. The van der Waals surface area contributed by atoms with Crippen LogP contribution in [0.3, 0.4) is 0 Å². The quantitative estimate of drug-likeness (QED) is 0.938. The van der Waals surface area contributed by atoms with Gasteiger partial charge in [0.1, 0.15) is 5.01 Å². The molecule has 1 saturated heterocycles.